The molecule has 2 nitrogen and oxygen atoms in total. The summed E-state index contributed by atoms with van der Waals surface area (Å²) in [6, 6.07) is 0.732. The fraction of sp³-hybridized carbons (Fsp3) is 1.00. The van der Waals surface area contributed by atoms with Crippen molar-refractivity contribution < 1.29 is 5.11 Å². The summed E-state index contributed by atoms with van der Waals surface area (Å²) in [6.07, 6.45) is 4.21. The molecule has 2 atom stereocenters. The first-order chi connectivity index (χ1) is 4.90. The summed E-state index contributed by atoms with van der Waals surface area (Å²) in [5.41, 5.74) is 0. The summed E-state index contributed by atoms with van der Waals surface area (Å²) < 4.78 is 0. The lowest BCUT2D eigenvalue weighted by Crippen LogP contribution is -2.29. The van der Waals surface area contributed by atoms with Crippen molar-refractivity contribution in [1.82, 2.24) is 5.32 Å². The number of rotatable bonds is 3. The predicted octanol–water partition coefficient (Wildman–Crippen LogP) is 0.367. The van der Waals surface area contributed by atoms with E-state index in [9.17, 15) is 0 Å². The van der Waals surface area contributed by atoms with E-state index in [0.29, 0.717) is 0 Å². The first kappa shape index (κ1) is 6.62. The molecule has 0 spiro atoms. The summed E-state index contributed by atoms with van der Waals surface area (Å²) in [6.45, 7) is 1.07. The molecule has 0 radical (unpaired) electrons. The second-order valence-electron chi connectivity index (χ2n) is 3.60. The Hall–Kier alpha value is -0.0800. The maximum Gasteiger partial charge on any atom is 0.0556 e. The number of nitrogens with one attached hydrogen (secondary N) is 1. The van der Waals surface area contributed by atoms with Crippen LogP contribution < -0.4 is 5.32 Å². The van der Waals surface area contributed by atoms with Crippen LogP contribution in [0.3, 0.4) is 0 Å². The Morgan fingerprint density at radius 3 is 2.50 bits per heavy atom. The Bertz CT molecular complexity index is 116. The van der Waals surface area contributed by atoms with Crippen molar-refractivity contribution in [3.05, 3.63) is 0 Å². The smallest absolute Gasteiger partial charge is 0.0556 e. The van der Waals surface area contributed by atoms with Gasteiger partial charge in [0.25, 0.3) is 0 Å². The van der Waals surface area contributed by atoms with E-state index in [0.717, 1.165) is 24.4 Å². The fourth-order valence-electron chi connectivity index (χ4n) is 2.15. The van der Waals surface area contributed by atoms with Crippen LogP contribution in [0.5, 0.6) is 0 Å². The molecule has 0 aromatic carbocycles. The Morgan fingerprint density at radius 1 is 1.20 bits per heavy atom. The SMILES string of the molecule is OCCNC1CC2CC2C1. The van der Waals surface area contributed by atoms with Crippen LogP contribution in [-0.2, 0) is 0 Å². The molecular formula is C8H15NO. The Balaban J connectivity index is 1.66. The van der Waals surface area contributed by atoms with Crippen molar-refractivity contribution in [2.45, 2.75) is 25.3 Å². The zero-order valence-corrected chi connectivity index (χ0v) is 6.21. The number of hydrogen-bond donors (Lipinski definition) is 2. The highest BCUT2D eigenvalue weighted by Gasteiger charge is 2.45. The first-order valence-electron chi connectivity index (χ1n) is 4.24. The van der Waals surface area contributed by atoms with Gasteiger partial charge in [-0.1, -0.05) is 0 Å². The van der Waals surface area contributed by atoms with Gasteiger partial charge in [-0.25, -0.2) is 0 Å². The van der Waals surface area contributed by atoms with E-state index in [-0.39, 0.29) is 6.61 Å². The topological polar surface area (TPSA) is 32.3 Å². The van der Waals surface area contributed by atoms with Crippen LogP contribution in [0.2, 0.25) is 0 Å². The minimum Gasteiger partial charge on any atom is -0.395 e. The molecule has 58 valence electrons. The predicted molar refractivity (Wildman–Crippen MR) is 39.7 cm³/mol. The van der Waals surface area contributed by atoms with E-state index in [2.05, 4.69) is 5.32 Å². The van der Waals surface area contributed by atoms with Crippen LogP contribution >= 0.6 is 0 Å². The molecule has 0 aliphatic heterocycles. The van der Waals surface area contributed by atoms with Crippen LogP contribution in [0.25, 0.3) is 0 Å². The van der Waals surface area contributed by atoms with E-state index in [4.69, 9.17) is 5.11 Å². The van der Waals surface area contributed by atoms with Gasteiger partial charge in [0, 0.05) is 12.6 Å². The maximum absolute atomic E-state index is 8.54. The second kappa shape index (κ2) is 2.51. The van der Waals surface area contributed by atoms with E-state index in [1.807, 2.05) is 0 Å². The lowest BCUT2D eigenvalue weighted by Gasteiger charge is -2.11. The first-order valence-corrected chi connectivity index (χ1v) is 4.24. The van der Waals surface area contributed by atoms with Gasteiger partial charge in [-0.2, -0.15) is 0 Å². The molecule has 2 saturated carbocycles. The molecule has 2 rings (SSSR count). The zero-order valence-electron chi connectivity index (χ0n) is 6.21. The summed E-state index contributed by atoms with van der Waals surface area (Å²) in [4.78, 5) is 0. The maximum atomic E-state index is 8.54. The summed E-state index contributed by atoms with van der Waals surface area (Å²) in [5.74, 6) is 2.10. The van der Waals surface area contributed by atoms with E-state index in [1.54, 1.807) is 0 Å². The Labute approximate surface area is 61.6 Å². The van der Waals surface area contributed by atoms with Gasteiger partial charge < -0.3 is 10.4 Å². The van der Waals surface area contributed by atoms with Crippen LogP contribution in [0.4, 0.5) is 0 Å². The summed E-state index contributed by atoms with van der Waals surface area (Å²) in [7, 11) is 0. The quantitative estimate of drug-likeness (QED) is 0.595. The van der Waals surface area contributed by atoms with Crippen molar-refractivity contribution >= 4 is 0 Å². The highest BCUT2D eigenvalue weighted by molar-refractivity contribution is 4.98. The van der Waals surface area contributed by atoms with Crippen molar-refractivity contribution in [3.63, 3.8) is 0 Å². The lowest BCUT2D eigenvalue weighted by atomic mass is 10.2. The highest BCUT2D eigenvalue weighted by Crippen LogP contribution is 2.51. The van der Waals surface area contributed by atoms with E-state index < -0.39 is 0 Å². The number of fused-ring (bicyclic) bond motifs is 1. The second-order valence-corrected chi connectivity index (χ2v) is 3.60. The molecule has 2 heteroatoms. The fourth-order valence-corrected chi connectivity index (χ4v) is 2.15. The molecule has 2 aliphatic rings. The largest absolute Gasteiger partial charge is 0.395 e. The monoisotopic (exact) mass is 141 g/mol. The van der Waals surface area contributed by atoms with Crippen LogP contribution in [0.15, 0.2) is 0 Å². The van der Waals surface area contributed by atoms with Crippen LogP contribution in [-0.4, -0.2) is 24.3 Å². The average Bonchev–Trinajstić information content (AvgIpc) is 2.56. The van der Waals surface area contributed by atoms with Crippen molar-refractivity contribution in [2.75, 3.05) is 13.2 Å². The Morgan fingerprint density at radius 2 is 1.90 bits per heavy atom. The Kier molecular flexibility index (Phi) is 1.66. The molecule has 0 bridgehead atoms. The van der Waals surface area contributed by atoms with Crippen LogP contribution in [0, 0.1) is 11.8 Å². The minimum absolute atomic E-state index is 0.284. The number of hydrogen-bond acceptors (Lipinski definition) is 2. The molecule has 0 aromatic rings. The van der Waals surface area contributed by atoms with E-state index >= 15 is 0 Å². The van der Waals surface area contributed by atoms with Gasteiger partial charge >= 0.3 is 0 Å². The van der Waals surface area contributed by atoms with Crippen LogP contribution in [0.1, 0.15) is 19.3 Å². The van der Waals surface area contributed by atoms with Gasteiger partial charge in [0.05, 0.1) is 6.61 Å². The normalized spacial score (nSPS) is 43.5. The molecule has 0 heterocycles. The molecule has 0 saturated heterocycles. The molecule has 0 amide bonds. The molecule has 0 aromatic heterocycles. The van der Waals surface area contributed by atoms with Gasteiger partial charge in [0.2, 0.25) is 0 Å². The van der Waals surface area contributed by atoms with E-state index in [1.165, 1.54) is 19.3 Å². The van der Waals surface area contributed by atoms with Gasteiger partial charge in [-0.3, -0.25) is 0 Å². The third-order valence-corrected chi connectivity index (χ3v) is 2.79. The highest BCUT2D eigenvalue weighted by atomic mass is 16.3. The summed E-state index contributed by atoms with van der Waals surface area (Å²) >= 11 is 0. The lowest BCUT2D eigenvalue weighted by molar-refractivity contribution is 0.282. The third kappa shape index (κ3) is 1.18. The van der Waals surface area contributed by atoms with Gasteiger partial charge in [0.15, 0.2) is 0 Å². The third-order valence-electron chi connectivity index (χ3n) is 2.79. The molecule has 2 fully saturated rings. The molecule has 2 N–H and O–H groups in total. The molecule has 10 heavy (non-hydrogen) atoms. The summed E-state index contributed by atoms with van der Waals surface area (Å²) in [5, 5.41) is 11.9. The molecule has 2 unspecified atom stereocenters. The molecule has 2 aliphatic carbocycles. The zero-order chi connectivity index (χ0) is 6.97. The standard InChI is InChI=1S/C8H15NO/c10-2-1-9-8-4-6-3-7(6)5-8/h6-10H,1-5H2. The van der Waals surface area contributed by atoms with Crippen molar-refractivity contribution in [3.8, 4) is 0 Å². The molecular weight excluding hydrogens is 126 g/mol. The van der Waals surface area contributed by atoms with Gasteiger partial charge in [-0.05, 0) is 31.1 Å². The number of aliphatic hydroxyl groups excluding tert-OH is 1. The van der Waals surface area contributed by atoms with Gasteiger partial charge in [0.1, 0.15) is 0 Å². The minimum atomic E-state index is 0.284. The number of aliphatic hydroxyl groups is 1. The van der Waals surface area contributed by atoms with Crippen molar-refractivity contribution in [2.24, 2.45) is 11.8 Å². The van der Waals surface area contributed by atoms with Crippen molar-refractivity contribution in [1.29, 1.82) is 0 Å². The van der Waals surface area contributed by atoms with Gasteiger partial charge in [-0.15, -0.1) is 0 Å². The average molecular weight is 141 g/mol.